The van der Waals surface area contributed by atoms with Crippen LogP contribution in [0.1, 0.15) is 5.56 Å². The molecule has 0 radical (unpaired) electrons. The molecule has 0 aliphatic carbocycles. The Morgan fingerprint density at radius 2 is 1.93 bits per heavy atom. The molecule has 8 nitrogen and oxygen atoms in total. The maximum Gasteiger partial charge on any atom is 0.345 e. The zero-order valence-corrected chi connectivity index (χ0v) is 23.7. The Balaban J connectivity index is 1.97. The molecule has 1 heterocycles. The predicted octanol–water partition coefficient (Wildman–Crippen LogP) is 5.19. The van der Waals surface area contributed by atoms with Gasteiger partial charge < -0.3 is 25.0 Å². The number of carbonyl (C=O) groups excluding carboxylic acids is 1. The van der Waals surface area contributed by atoms with Crippen LogP contribution >= 0.6 is 10.0 Å². The largest absolute Gasteiger partial charge is 0.489 e. The molecule has 0 bridgehead atoms. The monoisotopic (exact) mass is 575 g/mol. The third-order valence-electron chi connectivity index (χ3n) is 5.06. The van der Waals surface area contributed by atoms with Gasteiger partial charge in [0.2, 0.25) is 5.91 Å². The smallest absolute Gasteiger partial charge is 0.345 e. The Kier molecular flexibility index (Phi) is 10.8. The molecule has 40 heavy (non-hydrogen) atoms. The lowest BCUT2D eigenvalue weighted by Crippen LogP contribution is -2.14. The zero-order chi connectivity index (χ0) is 29.3. The van der Waals surface area contributed by atoms with Crippen LogP contribution in [0.3, 0.4) is 0 Å². The number of halogens is 3. The standard InChI is InChI=1S/C28H32F3N5O3S/c1-36(2)12-7-10-25(37)34-23-16-20-22(17-24(23)38-13-14-39-28(30)31)32-18-33-27(20)35-21-9-6-8-19(26(21)29)11-15-40(3,4)5/h6-10,16-18,28H,12-14H2,1-5H3,(H,34,37)(H,32,33,35)/b10-7+. The summed E-state index contributed by atoms with van der Waals surface area (Å²) in [6.07, 6.45) is 10.4. The summed E-state index contributed by atoms with van der Waals surface area (Å²) in [6, 6.07) is 7.97. The van der Waals surface area contributed by atoms with Crippen molar-refractivity contribution >= 4 is 44.0 Å². The molecule has 2 N–H and O–H groups in total. The number of nitrogens with zero attached hydrogens (tertiary/aromatic N) is 3. The first-order chi connectivity index (χ1) is 18.9. The van der Waals surface area contributed by atoms with Crippen LogP contribution in [0.5, 0.6) is 5.75 Å². The minimum atomic E-state index is -2.93. The van der Waals surface area contributed by atoms with Gasteiger partial charge in [0.05, 0.1) is 29.1 Å². The Morgan fingerprint density at radius 1 is 1.15 bits per heavy atom. The minimum Gasteiger partial charge on any atom is -0.489 e. The number of hydrogen-bond acceptors (Lipinski definition) is 7. The van der Waals surface area contributed by atoms with Gasteiger partial charge in [-0.05, 0) is 56.3 Å². The van der Waals surface area contributed by atoms with Gasteiger partial charge in [-0.3, -0.25) is 4.79 Å². The summed E-state index contributed by atoms with van der Waals surface area (Å²) in [4.78, 5) is 23.0. The lowest BCUT2D eigenvalue weighted by Gasteiger charge is -2.16. The van der Waals surface area contributed by atoms with Crippen LogP contribution in [0, 0.1) is 17.0 Å². The highest BCUT2D eigenvalue weighted by atomic mass is 32.3. The number of benzene rings is 2. The molecule has 3 aromatic rings. The van der Waals surface area contributed by atoms with Crippen LogP contribution in [0.4, 0.5) is 30.4 Å². The van der Waals surface area contributed by atoms with Crippen LogP contribution in [0.25, 0.3) is 10.9 Å². The lowest BCUT2D eigenvalue weighted by molar-refractivity contribution is -0.133. The van der Waals surface area contributed by atoms with Gasteiger partial charge in [0.15, 0.2) is 5.82 Å². The van der Waals surface area contributed by atoms with E-state index in [2.05, 4.69) is 36.5 Å². The van der Waals surface area contributed by atoms with Crippen LogP contribution < -0.4 is 15.4 Å². The zero-order valence-electron chi connectivity index (χ0n) is 22.9. The molecule has 0 fully saturated rings. The number of carbonyl (C=O) groups is 1. The van der Waals surface area contributed by atoms with Gasteiger partial charge in [-0.1, -0.05) is 18.1 Å². The molecule has 0 aliphatic rings. The van der Waals surface area contributed by atoms with Crippen molar-refractivity contribution < 1.29 is 27.4 Å². The van der Waals surface area contributed by atoms with Crippen molar-refractivity contribution in [2.75, 3.05) is 63.3 Å². The highest BCUT2D eigenvalue weighted by Crippen LogP contribution is 2.35. The van der Waals surface area contributed by atoms with Crippen molar-refractivity contribution in [3.63, 3.8) is 0 Å². The number of likely N-dealkylation sites (N-methyl/N-ethyl adjacent to an activating group) is 1. The van der Waals surface area contributed by atoms with Crippen LogP contribution in [-0.2, 0) is 9.53 Å². The van der Waals surface area contributed by atoms with Crippen molar-refractivity contribution in [1.29, 1.82) is 0 Å². The SMILES string of the molecule is CN(C)C/C=C/C(=O)Nc1cc2c(Nc3cccc(C#CS(C)(C)C)c3F)ncnc2cc1OCCOC(F)F. The third-order valence-corrected chi connectivity index (χ3v) is 5.78. The van der Waals surface area contributed by atoms with E-state index in [1.165, 1.54) is 18.5 Å². The molecule has 0 unspecified atom stereocenters. The summed E-state index contributed by atoms with van der Waals surface area (Å²) in [5.41, 5.74) is 1.08. The molecule has 3 rings (SSSR count). The lowest BCUT2D eigenvalue weighted by atomic mass is 10.1. The van der Waals surface area contributed by atoms with Crippen molar-refractivity contribution in [1.82, 2.24) is 14.9 Å². The Bertz CT molecular complexity index is 1430. The Hall–Kier alpha value is -3.79. The summed E-state index contributed by atoms with van der Waals surface area (Å²) >= 11 is 0. The van der Waals surface area contributed by atoms with E-state index in [-0.39, 0.29) is 41.7 Å². The molecule has 1 amide bonds. The molecule has 1 aromatic heterocycles. The molecule has 0 spiro atoms. The molecule has 12 heteroatoms. The predicted molar refractivity (Wildman–Crippen MR) is 155 cm³/mol. The number of nitrogens with one attached hydrogen (secondary N) is 2. The number of aromatic nitrogens is 2. The van der Waals surface area contributed by atoms with E-state index in [0.29, 0.717) is 17.4 Å². The first-order valence-corrected chi connectivity index (χ1v) is 15.0. The highest BCUT2D eigenvalue weighted by molar-refractivity contribution is 8.35. The van der Waals surface area contributed by atoms with Crippen LogP contribution in [-0.4, -0.2) is 80.0 Å². The fourth-order valence-electron chi connectivity index (χ4n) is 3.30. The molecule has 0 saturated heterocycles. The molecular formula is C28H32F3N5O3S. The second kappa shape index (κ2) is 14.0. The molecule has 0 aliphatic heterocycles. The van der Waals surface area contributed by atoms with Gasteiger partial charge in [-0.25, -0.2) is 14.4 Å². The van der Waals surface area contributed by atoms with Gasteiger partial charge in [-0.2, -0.15) is 18.8 Å². The summed E-state index contributed by atoms with van der Waals surface area (Å²) < 4.78 is 49.9. The average molecular weight is 576 g/mol. The molecule has 214 valence electrons. The van der Waals surface area contributed by atoms with E-state index >= 15 is 4.39 Å². The second-order valence-electron chi connectivity index (χ2n) is 9.58. The molecule has 0 saturated carbocycles. The van der Waals surface area contributed by atoms with E-state index in [0.717, 1.165) is 0 Å². The first-order valence-electron chi connectivity index (χ1n) is 12.1. The normalized spacial score (nSPS) is 12.1. The second-order valence-corrected chi connectivity index (χ2v) is 13.5. The van der Waals surface area contributed by atoms with Gasteiger partial charge in [0.1, 0.15) is 24.5 Å². The maximum atomic E-state index is 15.3. The van der Waals surface area contributed by atoms with E-state index < -0.39 is 28.4 Å². The average Bonchev–Trinajstić information content (AvgIpc) is 2.86. The number of amides is 1. The fourth-order valence-corrected chi connectivity index (χ4v) is 3.71. The van der Waals surface area contributed by atoms with Crippen molar-refractivity contribution in [2.24, 2.45) is 0 Å². The minimum absolute atomic E-state index is 0.164. The summed E-state index contributed by atoms with van der Waals surface area (Å²) in [5.74, 6) is 2.43. The number of anilines is 3. The Morgan fingerprint density at radius 3 is 2.62 bits per heavy atom. The van der Waals surface area contributed by atoms with E-state index in [9.17, 15) is 13.6 Å². The molecule has 2 aromatic carbocycles. The highest BCUT2D eigenvalue weighted by Gasteiger charge is 2.15. The number of rotatable bonds is 11. The maximum absolute atomic E-state index is 15.3. The van der Waals surface area contributed by atoms with E-state index in [1.807, 2.05) is 37.8 Å². The summed E-state index contributed by atoms with van der Waals surface area (Å²) in [5, 5.41) is 9.30. The van der Waals surface area contributed by atoms with Crippen LogP contribution in [0.15, 0.2) is 48.8 Å². The van der Waals surface area contributed by atoms with Gasteiger partial charge >= 0.3 is 6.61 Å². The van der Waals surface area contributed by atoms with Crippen molar-refractivity contribution in [3.05, 3.63) is 60.2 Å². The quantitative estimate of drug-likeness (QED) is 0.185. The van der Waals surface area contributed by atoms with E-state index in [4.69, 9.17) is 4.74 Å². The summed E-state index contributed by atoms with van der Waals surface area (Å²) in [6.45, 7) is -2.94. The fraction of sp³-hybridized carbons (Fsp3) is 0.321. The summed E-state index contributed by atoms with van der Waals surface area (Å²) in [7, 11) is 2.58. The van der Waals surface area contributed by atoms with Gasteiger partial charge in [0, 0.05) is 24.1 Å². The molecule has 0 atom stereocenters. The number of hydrogen-bond donors (Lipinski definition) is 2. The molecular weight excluding hydrogens is 543 g/mol. The third kappa shape index (κ3) is 9.44. The van der Waals surface area contributed by atoms with Crippen molar-refractivity contribution in [2.45, 2.75) is 6.61 Å². The van der Waals surface area contributed by atoms with Crippen molar-refractivity contribution in [3.8, 4) is 16.9 Å². The van der Waals surface area contributed by atoms with Gasteiger partial charge in [0.25, 0.3) is 0 Å². The number of alkyl halides is 2. The van der Waals surface area contributed by atoms with E-state index in [1.54, 1.807) is 30.3 Å². The Labute approximate surface area is 233 Å². The first kappa shape index (κ1) is 30.7. The topological polar surface area (TPSA) is 88.6 Å². The number of fused-ring (bicyclic) bond motifs is 1. The number of ether oxygens (including phenoxy) is 2. The van der Waals surface area contributed by atoms with Crippen LogP contribution in [0.2, 0.25) is 0 Å². The van der Waals surface area contributed by atoms with Gasteiger partial charge in [-0.15, -0.1) is 0 Å².